The van der Waals surface area contributed by atoms with Gasteiger partial charge in [0.15, 0.2) is 11.0 Å². The molecule has 7 heteroatoms. The highest BCUT2D eigenvalue weighted by Crippen LogP contribution is 2.30. The fourth-order valence-electron chi connectivity index (χ4n) is 3.14. The zero-order valence-electron chi connectivity index (χ0n) is 17.9. The first-order valence-corrected chi connectivity index (χ1v) is 10.9. The lowest BCUT2D eigenvalue weighted by Crippen LogP contribution is -2.20. The van der Waals surface area contributed by atoms with E-state index in [1.807, 2.05) is 53.1 Å². The Hall–Kier alpha value is -2.64. The van der Waals surface area contributed by atoms with Crippen LogP contribution in [-0.2, 0) is 21.5 Å². The maximum atomic E-state index is 12.7. The summed E-state index contributed by atoms with van der Waals surface area (Å²) in [4.78, 5) is 12.7. The minimum absolute atomic E-state index is 0.0536. The van der Waals surface area contributed by atoms with E-state index >= 15 is 0 Å². The van der Waals surface area contributed by atoms with E-state index in [-0.39, 0.29) is 17.1 Å². The van der Waals surface area contributed by atoms with Crippen LogP contribution in [0.15, 0.2) is 59.8 Å². The average molecular weight is 425 g/mol. The lowest BCUT2D eigenvalue weighted by molar-refractivity contribution is -0.113. The van der Waals surface area contributed by atoms with Crippen LogP contribution in [0.2, 0.25) is 0 Å². The van der Waals surface area contributed by atoms with Gasteiger partial charge in [-0.25, -0.2) is 0 Å². The molecule has 6 nitrogen and oxygen atoms in total. The molecule has 0 saturated heterocycles. The summed E-state index contributed by atoms with van der Waals surface area (Å²) in [6, 6.07) is 17.8. The minimum atomic E-state index is -0.0701. The molecule has 0 bridgehead atoms. The van der Waals surface area contributed by atoms with Gasteiger partial charge in [0.05, 0.1) is 18.9 Å². The zero-order valence-corrected chi connectivity index (χ0v) is 18.7. The maximum absolute atomic E-state index is 12.7. The predicted octanol–water partition coefficient (Wildman–Crippen LogP) is 4.62. The molecule has 158 valence electrons. The number of hydrogen-bond donors (Lipinski definition) is 1. The van der Waals surface area contributed by atoms with E-state index in [2.05, 4.69) is 42.4 Å². The third-order valence-electron chi connectivity index (χ3n) is 4.61. The van der Waals surface area contributed by atoms with Crippen molar-refractivity contribution < 1.29 is 9.53 Å². The first-order chi connectivity index (χ1) is 14.4. The first-order valence-electron chi connectivity index (χ1n) is 9.90. The largest absolute Gasteiger partial charge is 0.383 e. The van der Waals surface area contributed by atoms with Crippen molar-refractivity contribution in [3.8, 4) is 11.4 Å². The third-order valence-corrected chi connectivity index (χ3v) is 5.58. The number of hydrogen-bond acceptors (Lipinski definition) is 5. The summed E-state index contributed by atoms with van der Waals surface area (Å²) < 4.78 is 7.25. The molecule has 0 fully saturated rings. The molecule has 0 radical (unpaired) electrons. The topological polar surface area (TPSA) is 69.0 Å². The highest BCUT2D eigenvalue weighted by atomic mass is 32.2. The van der Waals surface area contributed by atoms with Crippen molar-refractivity contribution in [2.45, 2.75) is 37.9 Å². The molecule has 2 aromatic carbocycles. The number of carbonyl (C=O) groups excluding carboxylic acids is 1. The summed E-state index contributed by atoms with van der Waals surface area (Å²) in [6.07, 6.45) is 0. The summed E-state index contributed by atoms with van der Waals surface area (Å²) in [6.45, 7) is 7.56. The average Bonchev–Trinajstić information content (AvgIpc) is 3.13. The molecule has 1 N–H and O–H groups in total. The number of para-hydroxylation sites is 1. The van der Waals surface area contributed by atoms with Gasteiger partial charge in [0.1, 0.15) is 0 Å². The first kappa shape index (κ1) is 22.1. The molecule has 3 aromatic rings. The van der Waals surface area contributed by atoms with Crippen LogP contribution in [0.4, 0.5) is 5.69 Å². The van der Waals surface area contributed by atoms with Gasteiger partial charge in [-0.15, -0.1) is 10.2 Å². The van der Waals surface area contributed by atoms with Gasteiger partial charge in [-0.3, -0.25) is 9.36 Å². The summed E-state index contributed by atoms with van der Waals surface area (Å²) in [5, 5.41) is 12.4. The van der Waals surface area contributed by atoms with Crippen LogP contribution in [-0.4, -0.2) is 40.1 Å². The Balaban J connectivity index is 1.73. The minimum Gasteiger partial charge on any atom is -0.383 e. The van der Waals surface area contributed by atoms with Gasteiger partial charge in [-0.05, 0) is 17.0 Å². The zero-order chi connectivity index (χ0) is 21.6. The second kappa shape index (κ2) is 9.91. The van der Waals surface area contributed by atoms with Crippen LogP contribution in [0, 0.1) is 0 Å². The quantitative estimate of drug-likeness (QED) is 0.535. The Morgan fingerprint density at radius 3 is 2.47 bits per heavy atom. The molecule has 1 amide bonds. The Labute approximate surface area is 182 Å². The molecule has 0 spiro atoms. The van der Waals surface area contributed by atoms with Crippen LogP contribution in [0.5, 0.6) is 0 Å². The van der Waals surface area contributed by atoms with Crippen molar-refractivity contribution in [1.82, 2.24) is 14.8 Å². The van der Waals surface area contributed by atoms with Crippen molar-refractivity contribution in [3.63, 3.8) is 0 Å². The SMILES string of the molecule is COCCn1c(SCC(=O)Nc2ccccc2C(C)(C)C)nnc1-c1ccccc1. The van der Waals surface area contributed by atoms with E-state index in [9.17, 15) is 4.79 Å². The number of nitrogens with one attached hydrogen (secondary N) is 1. The van der Waals surface area contributed by atoms with E-state index in [4.69, 9.17) is 4.74 Å². The Bertz CT molecular complexity index is 980. The molecule has 0 saturated carbocycles. The molecular formula is C23H28N4O2S. The van der Waals surface area contributed by atoms with Gasteiger partial charge >= 0.3 is 0 Å². The lowest BCUT2D eigenvalue weighted by Gasteiger charge is -2.23. The normalized spacial score (nSPS) is 11.5. The summed E-state index contributed by atoms with van der Waals surface area (Å²) >= 11 is 1.38. The van der Waals surface area contributed by atoms with Crippen LogP contribution in [0.25, 0.3) is 11.4 Å². The number of ether oxygens (including phenoxy) is 1. The maximum Gasteiger partial charge on any atom is 0.234 e. The van der Waals surface area contributed by atoms with Crippen LogP contribution >= 0.6 is 11.8 Å². The lowest BCUT2D eigenvalue weighted by atomic mass is 9.86. The molecule has 30 heavy (non-hydrogen) atoms. The van der Waals surface area contributed by atoms with E-state index in [1.165, 1.54) is 11.8 Å². The predicted molar refractivity (Wildman–Crippen MR) is 122 cm³/mol. The van der Waals surface area contributed by atoms with Gasteiger partial charge in [0.2, 0.25) is 5.91 Å². The number of nitrogens with zero attached hydrogens (tertiary/aromatic N) is 3. The highest BCUT2D eigenvalue weighted by Gasteiger charge is 2.19. The number of thioether (sulfide) groups is 1. The second-order valence-corrected chi connectivity index (χ2v) is 8.89. The second-order valence-electron chi connectivity index (χ2n) is 7.95. The third kappa shape index (κ3) is 5.49. The van der Waals surface area contributed by atoms with Gasteiger partial charge < -0.3 is 10.1 Å². The van der Waals surface area contributed by atoms with E-state index in [0.29, 0.717) is 18.3 Å². The molecule has 1 heterocycles. The Kier molecular flexibility index (Phi) is 7.29. The standard InChI is InChI=1S/C23H28N4O2S/c1-23(2,3)18-12-8-9-13-19(18)24-20(28)16-30-22-26-25-21(27(22)14-15-29-4)17-10-6-5-7-11-17/h5-13H,14-16H2,1-4H3,(H,24,28). The molecule has 3 rings (SSSR count). The summed E-state index contributed by atoms with van der Waals surface area (Å²) in [7, 11) is 1.67. The van der Waals surface area contributed by atoms with Crippen molar-refractivity contribution in [2.24, 2.45) is 0 Å². The van der Waals surface area contributed by atoms with E-state index in [1.54, 1.807) is 7.11 Å². The monoisotopic (exact) mass is 424 g/mol. The van der Waals surface area contributed by atoms with Crippen molar-refractivity contribution >= 4 is 23.4 Å². The Morgan fingerprint density at radius 1 is 1.07 bits per heavy atom. The van der Waals surface area contributed by atoms with Crippen molar-refractivity contribution in [2.75, 3.05) is 24.8 Å². The van der Waals surface area contributed by atoms with Crippen LogP contribution in [0.3, 0.4) is 0 Å². The number of aromatic nitrogens is 3. The number of methoxy groups -OCH3 is 1. The molecule has 0 aliphatic rings. The molecule has 0 unspecified atom stereocenters. The molecular weight excluding hydrogens is 396 g/mol. The number of rotatable bonds is 8. The van der Waals surface area contributed by atoms with Gasteiger partial charge in [-0.2, -0.15) is 0 Å². The van der Waals surface area contributed by atoms with E-state index < -0.39 is 0 Å². The molecule has 0 aliphatic heterocycles. The number of carbonyl (C=O) groups is 1. The molecule has 1 aromatic heterocycles. The Morgan fingerprint density at radius 2 is 1.77 bits per heavy atom. The van der Waals surface area contributed by atoms with Crippen LogP contribution < -0.4 is 5.32 Å². The van der Waals surface area contributed by atoms with Gasteiger partial charge in [0, 0.05) is 18.4 Å². The van der Waals surface area contributed by atoms with E-state index in [0.717, 1.165) is 22.6 Å². The number of benzene rings is 2. The fraction of sp³-hybridized carbons (Fsp3) is 0.348. The van der Waals surface area contributed by atoms with Crippen molar-refractivity contribution in [1.29, 1.82) is 0 Å². The van der Waals surface area contributed by atoms with Gasteiger partial charge in [-0.1, -0.05) is 81.1 Å². The van der Waals surface area contributed by atoms with Crippen molar-refractivity contribution in [3.05, 3.63) is 60.2 Å². The summed E-state index contributed by atoms with van der Waals surface area (Å²) in [5.41, 5.74) is 2.89. The highest BCUT2D eigenvalue weighted by molar-refractivity contribution is 7.99. The molecule has 0 aliphatic carbocycles. The number of amides is 1. The summed E-state index contributed by atoms with van der Waals surface area (Å²) in [5.74, 6) is 0.950. The van der Waals surface area contributed by atoms with Gasteiger partial charge in [0.25, 0.3) is 0 Å². The molecule has 0 atom stereocenters. The fourth-order valence-corrected chi connectivity index (χ4v) is 3.91. The van der Waals surface area contributed by atoms with Crippen LogP contribution in [0.1, 0.15) is 26.3 Å². The smallest absolute Gasteiger partial charge is 0.234 e. The number of anilines is 1.